The molecular formula is C24H28N8O2. The number of hydrogen-bond donors (Lipinski definition) is 2. The second kappa shape index (κ2) is 8.51. The summed E-state index contributed by atoms with van der Waals surface area (Å²) in [5.74, 6) is -0.00507. The number of hydrogen-bond acceptors (Lipinski definition) is 8. The van der Waals surface area contributed by atoms with Crippen LogP contribution < -0.4 is 15.5 Å². The summed E-state index contributed by atoms with van der Waals surface area (Å²) in [6.07, 6.45) is 3.97. The van der Waals surface area contributed by atoms with Crippen LogP contribution in [0.25, 0.3) is 11.3 Å². The van der Waals surface area contributed by atoms with Crippen LogP contribution in [-0.4, -0.2) is 43.2 Å². The van der Waals surface area contributed by atoms with Crippen molar-refractivity contribution in [3.8, 4) is 11.3 Å². The minimum Gasteiger partial charge on any atom is -0.360 e. The molecule has 1 aliphatic heterocycles. The molecule has 0 radical (unpaired) electrons. The molecule has 0 saturated heterocycles. The van der Waals surface area contributed by atoms with Crippen molar-refractivity contribution < 1.29 is 13.7 Å². The summed E-state index contributed by atoms with van der Waals surface area (Å²) < 4.78 is 22.6. The molecule has 10 nitrogen and oxygen atoms in total. The number of carbonyl (C=O) groups is 2. The largest absolute Gasteiger partial charge is 0.360 e. The quantitative estimate of drug-likeness (QED) is 0.507. The van der Waals surface area contributed by atoms with Crippen LogP contribution in [0.15, 0.2) is 24.5 Å². The average molecular weight is 464 g/mol. The van der Waals surface area contributed by atoms with E-state index in [4.69, 9.17) is 4.11 Å². The van der Waals surface area contributed by atoms with Gasteiger partial charge < -0.3 is 15.5 Å². The number of Topliss-reactive ketones (excluding diaryl/α,β-unsaturated/α-hetero) is 1. The number of nitrogens with zero attached hydrogens (tertiary/aromatic N) is 6. The number of fused-ring (bicyclic) bond motifs is 3. The number of ketones is 1. The Hall–Kier alpha value is -3.82. The fourth-order valence-electron chi connectivity index (χ4n) is 4.34. The number of pyridine rings is 2. The highest BCUT2D eigenvalue weighted by atomic mass is 16.2. The Labute approximate surface area is 202 Å². The van der Waals surface area contributed by atoms with Crippen molar-refractivity contribution in [3.63, 3.8) is 0 Å². The van der Waals surface area contributed by atoms with Gasteiger partial charge in [-0.25, -0.2) is 9.97 Å². The van der Waals surface area contributed by atoms with Gasteiger partial charge in [-0.15, -0.1) is 0 Å². The molecule has 3 aromatic rings. The Bertz CT molecular complexity index is 1380. The average Bonchev–Trinajstić information content (AvgIpc) is 3.60. The number of aromatic nitrogens is 5. The Morgan fingerprint density at radius 1 is 1.26 bits per heavy atom. The maximum Gasteiger partial charge on any atom is 0.228 e. The zero-order valence-electron chi connectivity index (χ0n) is 22.3. The van der Waals surface area contributed by atoms with Crippen LogP contribution in [0.1, 0.15) is 66.2 Å². The Morgan fingerprint density at radius 2 is 2.09 bits per heavy atom. The van der Waals surface area contributed by atoms with Crippen LogP contribution in [0.5, 0.6) is 0 Å². The van der Waals surface area contributed by atoms with Gasteiger partial charge in [0.15, 0.2) is 11.6 Å². The van der Waals surface area contributed by atoms with Crippen LogP contribution in [-0.2, 0) is 11.8 Å². The van der Waals surface area contributed by atoms with Crippen LogP contribution in [0.3, 0.4) is 0 Å². The van der Waals surface area contributed by atoms with Crippen molar-refractivity contribution in [1.29, 1.82) is 0 Å². The second-order valence-corrected chi connectivity index (χ2v) is 8.54. The summed E-state index contributed by atoms with van der Waals surface area (Å²) in [5, 5.41) is 15.1. The van der Waals surface area contributed by atoms with E-state index in [1.807, 2.05) is 19.9 Å². The van der Waals surface area contributed by atoms with Crippen molar-refractivity contribution in [2.45, 2.75) is 46.0 Å². The van der Waals surface area contributed by atoms with Gasteiger partial charge in [-0.3, -0.25) is 9.59 Å². The molecule has 5 rings (SSSR count). The molecule has 2 aliphatic rings. The van der Waals surface area contributed by atoms with E-state index in [1.54, 1.807) is 24.1 Å². The number of aryl methyl sites for hydroxylation is 1. The van der Waals surface area contributed by atoms with Gasteiger partial charge in [0, 0.05) is 54.1 Å². The molecule has 0 spiro atoms. The van der Waals surface area contributed by atoms with Crippen LogP contribution in [0.2, 0.25) is 0 Å². The first kappa shape index (κ1) is 18.6. The van der Waals surface area contributed by atoms with E-state index < -0.39 is 19.1 Å². The SMILES string of the molecule is [2H]C([2H])([2H])CC(=O)c1cnc(NC(=O)C2CC2)cc1Nc1nccc2c1N(CC)[C@H](C)c1nn(C)nc1-2. The number of carbonyl (C=O) groups excluding carboxylic acids is 2. The highest BCUT2D eigenvalue weighted by Gasteiger charge is 2.34. The van der Waals surface area contributed by atoms with Crippen molar-refractivity contribution >= 4 is 34.7 Å². The molecule has 10 heteroatoms. The molecule has 4 heterocycles. The minimum atomic E-state index is -2.44. The molecule has 0 bridgehead atoms. The fraction of sp³-hybridized carbons (Fsp3) is 0.417. The van der Waals surface area contributed by atoms with E-state index >= 15 is 0 Å². The maximum atomic E-state index is 13.0. The van der Waals surface area contributed by atoms with E-state index in [0.29, 0.717) is 18.1 Å². The summed E-state index contributed by atoms with van der Waals surface area (Å²) in [6, 6.07) is 3.34. The molecule has 3 aromatic heterocycles. The summed E-state index contributed by atoms with van der Waals surface area (Å²) in [5.41, 5.74) is 3.66. The standard InChI is InChI=1S/C24H28N8O2/c1-5-18(33)16-12-26-19(28-24(34)14-7-8-14)11-17(16)27-23-22-15(9-10-25-23)21-20(29-31(4)30-21)13(3)32(22)6-2/h9-14H,5-8H2,1-4H3,(H2,25,26,27,28,34)/t13-/m1/s1/i1D3. The topological polar surface area (TPSA) is 118 Å². The number of rotatable bonds is 7. The molecule has 176 valence electrons. The van der Waals surface area contributed by atoms with Crippen LogP contribution in [0, 0.1) is 5.92 Å². The Balaban J connectivity index is 1.58. The van der Waals surface area contributed by atoms with Gasteiger partial charge in [0.25, 0.3) is 0 Å². The lowest BCUT2D eigenvalue weighted by Gasteiger charge is -2.35. The van der Waals surface area contributed by atoms with E-state index in [1.165, 1.54) is 6.20 Å². The predicted molar refractivity (Wildman–Crippen MR) is 129 cm³/mol. The first-order valence-electron chi connectivity index (χ1n) is 12.8. The zero-order chi connectivity index (χ0) is 26.5. The molecule has 0 unspecified atom stereocenters. The van der Waals surface area contributed by atoms with Gasteiger partial charge in [-0.1, -0.05) is 6.85 Å². The van der Waals surface area contributed by atoms with Gasteiger partial charge in [0.05, 0.1) is 23.0 Å². The molecule has 2 N–H and O–H groups in total. The van der Waals surface area contributed by atoms with Crippen LogP contribution in [0.4, 0.5) is 23.0 Å². The van der Waals surface area contributed by atoms with E-state index in [2.05, 4.69) is 35.7 Å². The van der Waals surface area contributed by atoms with Crippen molar-refractivity contribution in [1.82, 2.24) is 25.0 Å². The lowest BCUT2D eigenvalue weighted by Crippen LogP contribution is -2.31. The monoisotopic (exact) mass is 463 g/mol. The van der Waals surface area contributed by atoms with Crippen molar-refractivity contribution in [3.05, 3.63) is 35.8 Å². The molecule has 0 aromatic carbocycles. The molecule has 1 saturated carbocycles. The maximum absolute atomic E-state index is 13.0. The highest BCUT2D eigenvalue weighted by molar-refractivity contribution is 6.03. The van der Waals surface area contributed by atoms with Crippen molar-refractivity contribution in [2.75, 3.05) is 22.1 Å². The van der Waals surface area contributed by atoms with Gasteiger partial charge in [-0.05, 0) is 32.8 Å². The summed E-state index contributed by atoms with van der Waals surface area (Å²) >= 11 is 0. The Morgan fingerprint density at radius 3 is 2.82 bits per heavy atom. The van der Waals surface area contributed by atoms with Crippen molar-refractivity contribution in [2.24, 2.45) is 13.0 Å². The molecule has 1 amide bonds. The highest BCUT2D eigenvalue weighted by Crippen LogP contribution is 2.46. The van der Waals surface area contributed by atoms with Gasteiger partial charge in [-0.2, -0.15) is 15.0 Å². The summed E-state index contributed by atoms with van der Waals surface area (Å²) in [7, 11) is 1.78. The lowest BCUT2D eigenvalue weighted by molar-refractivity contribution is -0.117. The number of anilines is 4. The lowest BCUT2D eigenvalue weighted by atomic mass is 9.98. The first-order valence-corrected chi connectivity index (χ1v) is 11.3. The van der Waals surface area contributed by atoms with Gasteiger partial charge in [0.2, 0.25) is 5.91 Å². The summed E-state index contributed by atoms with van der Waals surface area (Å²) in [6.45, 7) is 2.30. The normalized spacial score (nSPS) is 18.3. The molecule has 1 atom stereocenters. The third-order valence-corrected chi connectivity index (χ3v) is 6.23. The van der Waals surface area contributed by atoms with Crippen LogP contribution >= 0.6 is 0 Å². The third-order valence-electron chi connectivity index (χ3n) is 6.23. The number of amides is 1. The Kier molecular flexibility index (Phi) is 4.65. The molecular weight excluding hydrogens is 432 g/mol. The minimum absolute atomic E-state index is 0.0290. The summed E-state index contributed by atoms with van der Waals surface area (Å²) in [4.78, 5) is 37.8. The van der Waals surface area contributed by atoms with E-state index in [9.17, 15) is 9.59 Å². The smallest absolute Gasteiger partial charge is 0.228 e. The third kappa shape index (κ3) is 3.78. The van der Waals surface area contributed by atoms with E-state index in [-0.39, 0.29) is 29.2 Å². The van der Waals surface area contributed by atoms with Gasteiger partial charge in [0.1, 0.15) is 17.2 Å². The van der Waals surface area contributed by atoms with Gasteiger partial charge >= 0.3 is 0 Å². The predicted octanol–water partition coefficient (Wildman–Crippen LogP) is 3.86. The molecule has 1 aliphatic carbocycles. The second-order valence-electron chi connectivity index (χ2n) is 8.54. The number of nitrogens with one attached hydrogen (secondary N) is 2. The molecule has 1 fully saturated rings. The van der Waals surface area contributed by atoms with E-state index in [0.717, 1.165) is 35.5 Å². The zero-order valence-corrected chi connectivity index (χ0v) is 19.3. The fourth-order valence-corrected chi connectivity index (χ4v) is 4.34. The first-order chi connectivity index (χ1) is 17.6. The molecule has 34 heavy (non-hydrogen) atoms.